The Balaban J connectivity index is 0.000000569. The molecule has 0 unspecified atom stereocenters. The maximum Gasteiger partial charge on any atom is 0.416 e. The molecule has 6 rings (SSSR count). The van der Waals surface area contributed by atoms with Crippen molar-refractivity contribution in [2.24, 2.45) is 0 Å². The van der Waals surface area contributed by atoms with Crippen molar-refractivity contribution in [2.45, 2.75) is 49.4 Å². The molecule has 0 aliphatic heterocycles. The lowest BCUT2D eigenvalue weighted by Crippen LogP contribution is -2.75. The summed E-state index contributed by atoms with van der Waals surface area (Å²) in [6.07, 6.45) is -51.0. The van der Waals surface area contributed by atoms with Crippen LogP contribution in [0.5, 0.6) is 0 Å². The predicted molar refractivity (Wildman–Crippen MR) is 206 cm³/mol. The fourth-order valence-electron chi connectivity index (χ4n) is 7.40. The molecule has 0 saturated heterocycles. The number of rotatable bonds is 7. The quantitative estimate of drug-likeness (QED) is 0.0672. The van der Waals surface area contributed by atoms with Gasteiger partial charge in [-0.1, -0.05) is 66.7 Å². The topological polar surface area (TPSA) is 13.1 Å². The largest absolute Gasteiger partial charge is 0.416 e. The van der Waals surface area contributed by atoms with Gasteiger partial charge in [0, 0.05) is 10.8 Å². The first-order valence-electron chi connectivity index (χ1n) is 19.1. The molecule has 0 atom stereocenters. The highest BCUT2D eigenvalue weighted by Crippen LogP contribution is 2.41. The first-order valence-corrected chi connectivity index (χ1v) is 19.6. The van der Waals surface area contributed by atoms with Crippen LogP contribution in [-0.4, -0.2) is 18.6 Å². The number of halogens is 25. The highest BCUT2D eigenvalue weighted by molar-refractivity contribution is 7.20. The maximum atomic E-state index is 14.2. The van der Waals surface area contributed by atoms with Crippen LogP contribution >= 0.6 is 11.6 Å². The van der Waals surface area contributed by atoms with Crippen LogP contribution in [0, 0.1) is 0 Å². The molecule has 0 saturated carbocycles. The van der Waals surface area contributed by atoms with Gasteiger partial charge in [0.15, 0.2) is 6.61 Å². The van der Waals surface area contributed by atoms with E-state index >= 15 is 0 Å². The minimum absolute atomic E-state index is 0.500. The van der Waals surface area contributed by atoms with Crippen LogP contribution < -0.4 is 31.4 Å². The van der Waals surface area contributed by atoms with Crippen LogP contribution in [0.4, 0.5) is 105 Å². The summed E-state index contributed by atoms with van der Waals surface area (Å²) in [5.41, 5.74) is -30.2. The molecule has 2 nitrogen and oxygen atoms in total. The fraction of sp³-hybridized carbons (Fsp3) is 0.233. The summed E-state index contributed by atoms with van der Waals surface area (Å²) in [5.74, 6) is 0.500. The van der Waals surface area contributed by atoms with E-state index in [2.05, 4.69) is 12.1 Å². The molecule has 1 aromatic heterocycles. The van der Waals surface area contributed by atoms with Gasteiger partial charge in [-0.25, -0.2) is 0 Å². The molecule has 0 amide bonds. The second-order valence-corrected chi connectivity index (χ2v) is 15.6. The molecule has 0 N–H and O–H groups in total. The van der Waals surface area contributed by atoms with E-state index in [0.717, 1.165) is 5.39 Å². The van der Waals surface area contributed by atoms with Crippen molar-refractivity contribution in [1.29, 1.82) is 0 Å². The molecule has 71 heavy (non-hydrogen) atoms. The molecule has 6 aromatic rings. The fourth-order valence-corrected chi connectivity index (χ4v) is 7.47. The maximum absolute atomic E-state index is 14.2. The van der Waals surface area contributed by atoms with E-state index in [1.807, 2.05) is 30.6 Å². The monoisotopic (exact) mass is 1070 g/mol. The van der Waals surface area contributed by atoms with Crippen molar-refractivity contribution < 1.29 is 115 Å². The molecular formula is C43H23BClF24NO. The van der Waals surface area contributed by atoms with Gasteiger partial charge in [0.25, 0.3) is 0 Å². The first-order chi connectivity index (χ1) is 32.2. The van der Waals surface area contributed by atoms with Crippen molar-refractivity contribution in [3.05, 3.63) is 160 Å². The molecule has 28 heteroatoms. The van der Waals surface area contributed by atoms with Crippen LogP contribution in [-0.2, 0) is 49.4 Å². The van der Waals surface area contributed by atoms with Gasteiger partial charge in [0.2, 0.25) is 12.4 Å². The molecule has 0 spiro atoms. The van der Waals surface area contributed by atoms with E-state index in [9.17, 15) is 105 Å². The van der Waals surface area contributed by atoms with Crippen molar-refractivity contribution in [1.82, 2.24) is 0 Å². The third-order valence-corrected chi connectivity index (χ3v) is 10.6. The number of pyridine rings is 1. The molecule has 384 valence electrons. The van der Waals surface area contributed by atoms with E-state index in [0.29, 0.717) is 12.5 Å². The standard InChI is InChI=1S/C32H12BF24.C11H11ClNO/c34-25(35,36)13-1-14(26(37,38)39)6-21(5-13)33(22-7-15(27(40,41)42)2-16(8-22)28(43,44)45,23-9-17(29(46,47)48)3-18(10-23)30(49,50)51)24-11-19(31(52,53)54)4-20(12-24)32(55,56)57;12-6-8-14-13-7-5-10-3-1-2-4-11(10)9-13/h1-12H;1-5,7,9H,6,8H2/q-1;+1. The Morgan fingerprint density at radius 2 is 0.592 bits per heavy atom. The minimum Gasteiger partial charge on any atom is -0.270 e. The zero-order valence-corrected chi connectivity index (χ0v) is 35.0. The average molecular weight is 1070 g/mol. The Morgan fingerprint density at radius 1 is 0.352 bits per heavy atom. The van der Waals surface area contributed by atoms with Gasteiger partial charge in [-0.3, -0.25) is 4.84 Å². The second kappa shape index (κ2) is 19.2. The van der Waals surface area contributed by atoms with Crippen molar-refractivity contribution >= 4 is 50.4 Å². The van der Waals surface area contributed by atoms with E-state index in [-0.39, 0.29) is 0 Å². The lowest BCUT2D eigenvalue weighted by molar-refractivity contribution is -0.889. The molecule has 0 radical (unpaired) electrons. The molecule has 1 heterocycles. The minimum atomic E-state index is -6.13. The number of hydrogen-bond donors (Lipinski definition) is 0. The average Bonchev–Trinajstić information content (AvgIpc) is 3.23. The Kier molecular flexibility index (Phi) is 15.1. The van der Waals surface area contributed by atoms with Crippen LogP contribution in [0.3, 0.4) is 0 Å². The lowest BCUT2D eigenvalue weighted by atomic mass is 9.12. The summed E-state index contributed by atoms with van der Waals surface area (Å²) in [5, 5.41) is 2.36. The lowest BCUT2D eigenvalue weighted by Gasteiger charge is -2.46. The molecule has 0 aliphatic carbocycles. The van der Waals surface area contributed by atoms with E-state index in [1.165, 1.54) is 5.39 Å². The van der Waals surface area contributed by atoms with Gasteiger partial charge in [-0.05, 0) is 35.7 Å². The first kappa shape index (κ1) is 55.9. The second-order valence-electron chi connectivity index (χ2n) is 15.2. The summed E-state index contributed by atoms with van der Waals surface area (Å²) in [6, 6.07) is 1.36. The smallest absolute Gasteiger partial charge is 0.270 e. The number of hydrogen-bond acceptors (Lipinski definition) is 1. The van der Waals surface area contributed by atoms with Crippen molar-refractivity contribution in [2.75, 3.05) is 12.5 Å². The Bertz CT molecular complexity index is 2430. The highest BCUT2D eigenvalue weighted by atomic mass is 35.5. The van der Waals surface area contributed by atoms with Crippen molar-refractivity contribution in [3.63, 3.8) is 0 Å². The van der Waals surface area contributed by atoms with Crippen LogP contribution in [0.15, 0.2) is 116 Å². The zero-order valence-electron chi connectivity index (χ0n) is 34.3. The summed E-state index contributed by atoms with van der Waals surface area (Å²) in [7, 11) is 0. The number of fused-ring (bicyclic) bond motifs is 1. The highest BCUT2D eigenvalue weighted by Gasteiger charge is 2.47. The molecule has 5 aromatic carbocycles. The summed E-state index contributed by atoms with van der Waals surface area (Å²) >= 11 is 5.53. The number of nitrogens with zero attached hydrogens (tertiary/aromatic N) is 1. The molecule has 0 fully saturated rings. The van der Waals surface area contributed by atoms with Gasteiger partial charge < -0.3 is 0 Å². The Morgan fingerprint density at radius 3 is 0.817 bits per heavy atom. The third-order valence-electron chi connectivity index (χ3n) is 10.4. The van der Waals surface area contributed by atoms with Gasteiger partial charge in [-0.15, -0.1) is 11.6 Å². The van der Waals surface area contributed by atoms with Gasteiger partial charge in [0.1, 0.15) is 6.15 Å². The van der Waals surface area contributed by atoms with E-state index < -0.39 is 195 Å². The van der Waals surface area contributed by atoms with Gasteiger partial charge >= 0.3 is 49.4 Å². The molecule has 0 aliphatic rings. The number of benzene rings is 5. The van der Waals surface area contributed by atoms with E-state index in [4.69, 9.17) is 16.4 Å². The Labute approximate surface area is 386 Å². The Hall–Kier alpha value is -6.02. The van der Waals surface area contributed by atoms with Crippen LogP contribution in [0.25, 0.3) is 10.8 Å². The van der Waals surface area contributed by atoms with Crippen LogP contribution in [0.2, 0.25) is 0 Å². The molecule has 0 bridgehead atoms. The van der Waals surface area contributed by atoms with Crippen molar-refractivity contribution in [3.8, 4) is 0 Å². The number of aromatic nitrogens is 1. The number of alkyl halides is 25. The third kappa shape index (κ3) is 12.9. The molecular weight excluding hydrogens is 1050 g/mol. The van der Waals surface area contributed by atoms with Gasteiger partial charge in [-0.2, -0.15) is 127 Å². The van der Waals surface area contributed by atoms with E-state index in [1.54, 1.807) is 4.73 Å². The normalized spacial score (nSPS) is 13.5. The zero-order chi connectivity index (χ0) is 53.7. The summed E-state index contributed by atoms with van der Waals surface area (Å²) in [4.78, 5) is 5.35. The van der Waals surface area contributed by atoms with Crippen LogP contribution in [0.1, 0.15) is 44.5 Å². The predicted octanol–water partition coefficient (Wildman–Crippen LogP) is 13.0. The van der Waals surface area contributed by atoms with Gasteiger partial charge in [0.05, 0.1) is 55.8 Å². The summed E-state index contributed by atoms with van der Waals surface area (Å²) in [6.45, 7) is 0.518. The SMILES string of the molecule is ClCCO[n+]1ccc2ccccc2c1.FC(F)(F)c1cc([B-](c2cc(C(F)(F)F)cc(C(F)(F)F)c2)(c2cc(C(F)(F)F)cc(C(F)(F)F)c2)c2cc(C(F)(F)F)cc(C(F)(F)F)c2)cc(C(F)(F)F)c1. The summed E-state index contributed by atoms with van der Waals surface area (Å²) < 4.78 is 343.